The van der Waals surface area contributed by atoms with Crippen LogP contribution in [-0.2, 0) is 0 Å². The van der Waals surface area contributed by atoms with Gasteiger partial charge in [0.05, 0.1) is 11.7 Å². The third-order valence-electron chi connectivity index (χ3n) is 4.29. The zero-order chi connectivity index (χ0) is 14.6. The smallest absolute Gasteiger partial charge is 0.222 e. The molecule has 2 aliphatic carbocycles. The first-order chi connectivity index (χ1) is 10.2. The number of imidazole rings is 1. The van der Waals surface area contributed by atoms with Gasteiger partial charge >= 0.3 is 0 Å². The van der Waals surface area contributed by atoms with Gasteiger partial charge in [0, 0.05) is 18.4 Å². The number of fused-ring (bicyclic) bond motifs is 1. The molecule has 0 aromatic carbocycles. The lowest BCUT2D eigenvalue weighted by Gasteiger charge is -2.14. The first kappa shape index (κ1) is 12.6. The Kier molecular flexibility index (Phi) is 2.65. The molecule has 0 aliphatic heterocycles. The standard InChI is InChI=1S/C14H18N6O/c15-13-17-10(8-2-3-8)11-12(19-13)20(14(16)18-11)9-4-1-7(5-9)6-21/h1,4,7-9,21H,2-3,5-6H2,(H2,16,18)(H2,15,17,19)/t7-,9+/m1/s1. The molecule has 110 valence electrons. The van der Waals surface area contributed by atoms with Crippen molar-refractivity contribution in [2.24, 2.45) is 5.92 Å². The molecule has 0 unspecified atom stereocenters. The molecular weight excluding hydrogens is 268 g/mol. The van der Waals surface area contributed by atoms with Crippen molar-refractivity contribution in [1.29, 1.82) is 0 Å². The van der Waals surface area contributed by atoms with Crippen molar-refractivity contribution in [2.45, 2.75) is 31.2 Å². The van der Waals surface area contributed by atoms with Crippen LogP contribution in [0.15, 0.2) is 12.2 Å². The van der Waals surface area contributed by atoms with Gasteiger partial charge in [0.15, 0.2) is 5.65 Å². The van der Waals surface area contributed by atoms with E-state index in [1.165, 1.54) is 0 Å². The number of hydrogen-bond acceptors (Lipinski definition) is 6. The second kappa shape index (κ2) is 4.42. The number of anilines is 2. The Labute approximate surface area is 121 Å². The molecule has 2 aromatic heterocycles. The number of hydrogen-bond donors (Lipinski definition) is 3. The summed E-state index contributed by atoms with van der Waals surface area (Å²) in [5.74, 6) is 1.30. The highest BCUT2D eigenvalue weighted by atomic mass is 16.3. The highest BCUT2D eigenvalue weighted by molar-refractivity contribution is 5.79. The van der Waals surface area contributed by atoms with Crippen LogP contribution < -0.4 is 11.5 Å². The summed E-state index contributed by atoms with van der Waals surface area (Å²) in [4.78, 5) is 13.2. The van der Waals surface area contributed by atoms with Crippen LogP contribution in [0.2, 0.25) is 0 Å². The van der Waals surface area contributed by atoms with Crippen molar-refractivity contribution in [3.8, 4) is 0 Å². The monoisotopic (exact) mass is 286 g/mol. The lowest BCUT2D eigenvalue weighted by Crippen LogP contribution is -2.12. The lowest BCUT2D eigenvalue weighted by molar-refractivity contribution is 0.245. The first-order valence-electron chi connectivity index (χ1n) is 7.27. The fraction of sp³-hybridized carbons (Fsp3) is 0.500. The van der Waals surface area contributed by atoms with E-state index in [0.29, 0.717) is 17.5 Å². The maximum Gasteiger partial charge on any atom is 0.222 e. The molecule has 7 nitrogen and oxygen atoms in total. The summed E-state index contributed by atoms with van der Waals surface area (Å²) in [6.07, 6.45) is 7.10. The van der Waals surface area contributed by atoms with Gasteiger partial charge in [-0.05, 0) is 19.3 Å². The highest BCUT2D eigenvalue weighted by Crippen LogP contribution is 2.43. The van der Waals surface area contributed by atoms with E-state index in [1.807, 2.05) is 16.7 Å². The molecule has 0 spiro atoms. The minimum absolute atomic E-state index is 0.0634. The predicted molar refractivity (Wildman–Crippen MR) is 79.5 cm³/mol. The summed E-state index contributed by atoms with van der Waals surface area (Å²) in [5.41, 5.74) is 14.4. The number of aliphatic hydroxyl groups is 1. The van der Waals surface area contributed by atoms with E-state index in [-0.39, 0.29) is 24.5 Å². The van der Waals surface area contributed by atoms with Gasteiger partial charge in [0.1, 0.15) is 5.52 Å². The number of aliphatic hydroxyl groups excluding tert-OH is 1. The molecule has 2 aliphatic rings. The van der Waals surface area contributed by atoms with Crippen LogP contribution in [0.25, 0.3) is 11.2 Å². The topological polar surface area (TPSA) is 116 Å². The summed E-state index contributed by atoms with van der Waals surface area (Å²) < 4.78 is 1.91. The summed E-state index contributed by atoms with van der Waals surface area (Å²) in [6.45, 7) is 0.143. The third kappa shape index (κ3) is 1.96. The quantitative estimate of drug-likeness (QED) is 0.724. The molecule has 0 saturated heterocycles. The average Bonchev–Trinajstić information content (AvgIpc) is 3.11. The minimum Gasteiger partial charge on any atom is -0.396 e. The average molecular weight is 286 g/mol. The van der Waals surface area contributed by atoms with Crippen molar-refractivity contribution in [1.82, 2.24) is 19.5 Å². The van der Waals surface area contributed by atoms with Crippen molar-refractivity contribution in [3.63, 3.8) is 0 Å². The van der Waals surface area contributed by atoms with Gasteiger partial charge in [0.25, 0.3) is 0 Å². The molecule has 0 bridgehead atoms. The zero-order valence-corrected chi connectivity index (χ0v) is 11.6. The molecule has 4 rings (SSSR count). The van der Waals surface area contributed by atoms with Gasteiger partial charge < -0.3 is 16.6 Å². The molecule has 2 heterocycles. The predicted octanol–water partition coefficient (Wildman–Crippen LogP) is 0.978. The van der Waals surface area contributed by atoms with E-state index in [1.54, 1.807) is 0 Å². The zero-order valence-electron chi connectivity index (χ0n) is 11.6. The highest BCUT2D eigenvalue weighted by Gasteiger charge is 2.31. The van der Waals surface area contributed by atoms with Gasteiger partial charge in [-0.15, -0.1) is 0 Å². The Bertz CT molecular complexity index is 733. The minimum atomic E-state index is 0.0634. The number of aromatic nitrogens is 4. The first-order valence-corrected chi connectivity index (χ1v) is 7.27. The SMILES string of the molecule is Nc1nc(C2CC2)c2nc(N)n([C@H]3C=C[C@@H](CO)C3)c2n1. The number of rotatable bonds is 3. The summed E-state index contributed by atoms with van der Waals surface area (Å²) in [7, 11) is 0. The molecule has 0 radical (unpaired) electrons. The van der Waals surface area contributed by atoms with Crippen molar-refractivity contribution >= 4 is 23.1 Å². The van der Waals surface area contributed by atoms with Crippen LogP contribution in [0.1, 0.15) is 36.9 Å². The Hall–Kier alpha value is -2.15. The Morgan fingerprint density at radius 2 is 2.00 bits per heavy atom. The Balaban J connectivity index is 1.86. The number of nitrogen functional groups attached to an aromatic ring is 2. The summed E-state index contributed by atoms with van der Waals surface area (Å²) >= 11 is 0. The number of allylic oxidation sites excluding steroid dienone is 1. The Morgan fingerprint density at radius 1 is 1.19 bits per heavy atom. The van der Waals surface area contributed by atoms with E-state index in [0.717, 1.165) is 30.5 Å². The molecule has 2 aromatic rings. The van der Waals surface area contributed by atoms with E-state index >= 15 is 0 Å². The normalized spacial score (nSPS) is 25.0. The molecule has 21 heavy (non-hydrogen) atoms. The van der Waals surface area contributed by atoms with E-state index in [2.05, 4.69) is 15.0 Å². The van der Waals surface area contributed by atoms with Gasteiger partial charge in [-0.3, -0.25) is 4.57 Å². The second-order valence-electron chi connectivity index (χ2n) is 5.88. The Morgan fingerprint density at radius 3 is 2.67 bits per heavy atom. The molecule has 1 saturated carbocycles. The molecule has 5 N–H and O–H groups in total. The maximum absolute atomic E-state index is 9.28. The van der Waals surface area contributed by atoms with Crippen molar-refractivity contribution in [2.75, 3.05) is 18.1 Å². The molecule has 1 fully saturated rings. The largest absolute Gasteiger partial charge is 0.396 e. The van der Waals surface area contributed by atoms with E-state index in [4.69, 9.17) is 11.5 Å². The fourth-order valence-corrected chi connectivity index (χ4v) is 3.08. The van der Waals surface area contributed by atoms with E-state index < -0.39 is 0 Å². The van der Waals surface area contributed by atoms with Crippen LogP contribution in [0.5, 0.6) is 0 Å². The molecule has 0 amide bonds. The number of nitrogens with zero attached hydrogens (tertiary/aromatic N) is 4. The van der Waals surface area contributed by atoms with Crippen LogP contribution in [-0.4, -0.2) is 31.2 Å². The summed E-state index contributed by atoms with van der Waals surface area (Å²) in [5, 5.41) is 9.28. The molecular formula is C14H18N6O. The van der Waals surface area contributed by atoms with Crippen molar-refractivity contribution < 1.29 is 5.11 Å². The molecule has 2 atom stereocenters. The van der Waals surface area contributed by atoms with E-state index in [9.17, 15) is 5.11 Å². The van der Waals surface area contributed by atoms with Crippen LogP contribution in [0, 0.1) is 5.92 Å². The van der Waals surface area contributed by atoms with Crippen LogP contribution in [0.4, 0.5) is 11.9 Å². The number of nitrogens with two attached hydrogens (primary N) is 2. The van der Waals surface area contributed by atoms with Crippen LogP contribution in [0.3, 0.4) is 0 Å². The van der Waals surface area contributed by atoms with Crippen molar-refractivity contribution in [3.05, 3.63) is 17.8 Å². The summed E-state index contributed by atoms with van der Waals surface area (Å²) in [6, 6.07) is 0.0634. The molecule has 7 heteroatoms. The fourth-order valence-electron chi connectivity index (χ4n) is 3.08. The van der Waals surface area contributed by atoms with Gasteiger partial charge in [0.2, 0.25) is 11.9 Å². The third-order valence-corrected chi connectivity index (χ3v) is 4.29. The van der Waals surface area contributed by atoms with Gasteiger partial charge in [-0.25, -0.2) is 9.97 Å². The van der Waals surface area contributed by atoms with Gasteiger partial charge in [-0.2, -0.15) is 4.98 Å². The van der Waals surface area contributed by atoms with Crippen LogP contribution >= 0.6 is 0 Å². The maximum atomic E-state index is 9.28. The second-order valence-corrected chi connectivity index (χ2v) is 5.88. The lowest BCUT2D eigenvalue weighted by atomic mass is 10.1. The van der Waals surface area contributed by atoms with Gasteiger partial charge in [-0.1, -0.05) is 12.2 Å².